The van der Waals surface area contributed by atoms with Gasteiger partial charge < -0.3 is 4.98 Å². The molecule has 0 fully saturated rings. The summed E-state index contributed by atoms with van der Waals surface area (Å²) in [5.74, 6) is 0. The summed E-state index contributed by atoms with van der Waals surface area (Å²) in [6, 6.07) is 7.96. The van der Waals surface area contributed by atoms with Gasteiger partial charge in [0.15, 0.2) is 0 Å². The second-order valence-electron chi connectivity index (χ2n) is 3.55. The van der Waals surface area contributed by atoms with Gasteiger partial charge in [-0.15, -0.1) is 0 Å². The van der Waals surface area contributed by atoms with Gasteiger partial charge in [-0.2, -0.15) is 5.26 Å². The quantitative estimate of drug-likeness (QED) is 0.838. The van der Waals surface area contributed by atoms with E-state index in [9.17, 15) is 0 Å². The summed E-state index contributed by atoms with van der Waals surface area (Å²) in [7, 11) is 0. The van der Waals surface area contributed by atoms with Crippen LogP contribution in [0.15, 0.2) is 30.6 Å². The third kappa shape index (κ3) is 1.82. The first-order chi connectivity index (χ1) is 7.76. The van der Waals surface area contributed by atoms with Crippen LogP contribution in [0.4, 0.5) is 0 Å². The number of hydrogen-bond acceptors (Lipinski definition) is 1. The molecule has 0 saturated carbocycles. The summed E-state index contributed by atoms with van der Waals surface area (Å²) in [4.78, 5) is 2.95. The number of rotatable bonds is 2. The van der Waals surface area contributed by atoms with E-state index in [0.29, 0.717) is 10.6 Å². The van der Waals surface area contributed by atoms with Crippen LogP contribution in [-0.2, 0) is 6.42 Å². The highest BCUT2D eigenvalue weighted by atomic mass is 35.5. The van der Waals surface area contributed by atoms with Gasteiger partial charge in [-0.3, -0.25) is 0 Å². The van der Waals surface area contributed by atoms with E-state index in [-0.39, 0.29) is 0 Å². The smallest absolute Gasteiger partial charge is 0.101 e. The van der Waals surface area contributed by atoms with Crippen molar-refractivity contribution >= 4 is 11.6 Å². The minimum atomic E-state index is 0.650. The van der Waals surface area contributed by atoms with Gasteiger partial charge in [0, 0.05) is 23.0 Å². The molecule has 0 amide bonds. The fourth-order valence-corrected chi connectivity index (χ4v) is 1.96. The largest absolute Gasteiger partial charge is 0.366 e. The van der Waals surface area contributed by atoms with Crippen molar-refractivity contribution < 1.29 is 0 Å². The van der Waals surface area contributed by atoms with Crippen LogP contribution >= 0.6 is 11.6 Å². The minimum Gasteiger partial charge on any atom is -0.366 e. The standard InChI is InChI=1S/C13H11ClN2/c1-2-9-3-4-11(14)5-12(9)13-8-16-7-10(13)6-15/h3-5,7-8,16H,2H2,1H3. The van der Waals surface area contributed by atoms with Crippen LogP contribution in [0, 0.1) is 11.3 Å². The van der Waals surface area contributed by atoms with Crippen LogP contribution in [-0.4, -0.2) is 4.98 Å². The Morgan fingerprint density at radius 3 is 2.81 bits per heavy atom. The van der Waals surface area contributed by atoms with Gasteiger partial charge in [0.25, 0.3) is 0 Å². The van der Waals surface area contributed by atoms with E-state index >= 15 is 0 Å². The summed E-state index contributed by atoms with van der Waals surface area (Å²) in [5, 5.41) is 9.69. The molecule has 1 N–H and O–H groups in total. The van der Waals surface area contributed by atoms with Crippen molar-refractivity contribution in [3.63, 3.8) is 0 Å². The van der Waals surface area contributed by atoms with E-state index in [1.54, 1.807) is 6.20 Å². The lowest BCUT2D eigenvalue weighted by Gasteiger charge is -2.07. The Kier molecular flexibility index (Phi) is 2.98. The summed E-state index contributed by atoms with van der Waals surface area (Å²) in [5.41, 5.74) is 3.80. The van der Waals surface area contributed by atoms with Crippen LogP contribution in [0.25, 0.3) is 11.1 Å². The number of aryl methyl sites for hydroxylation is 1. The Bertz CT molecular complexity index is 549. The molecule has 1 heterocycles. The van der Waals surface area contributed by atoms with Gasteiger partial charge in [-0.25, -0.2) is 0 Å². The third-order valence-electron chi connectivity index (χ3n) is 2.61. The topological polar surface area (TPSA) is 39.6 Å². The molecule has 0 unspecified atom stereocenters. The Hall–Kier alpha value is -1.72. The molecule has 0 saturated heterocycles. The molecule has 2 nitrogen and oxygen atoms in total. The summed E-state index contributed by atoms with van der Waals surface area (Å²) in [6.07, 6.45) is 4.46. The fourth-order valence-electron chi connectivity index (χ4n) is 1.79. The van der Waals surface area contributed by atoms with Crippen molar-refractivity contribution in [2.45, 2.75) is 13.3 Å². The average molecular weight is 231 g/mol. The van der Waals surface area contributed by atoms with Crippen LogP contribution in [0.1, 0.15) is 18.1 Å². The maximum Gasteiger partial charge on any atom is 0.101 e. The number of halogens is 1. The first-order valence-electron chi connectivity index (χ1n) is 5.12. The molecule has 1 aromatic carbocycles. The third-order valence-corrected chi connectivity index (χ3v) is 2.84. The van der Waals surface area contributed by atoms with Gasteiger partial charge >= 0.3 is 0 Å². The number of benzene rings is 1. The van der Waals surface area contributed by atoms with E-state index in [2.05, 4.69) is 18.0 Å². The van der Waals surface area contributed by atoms with E-state index in [4.69, 9.17) is 16.9 Å². The molecule has 16 heavy (non-hydrogen) atoms. The summed E-state index contributed by atoms with van der Waals surface area (Å²) in [6.45, 7) is 2.09. The second kappa shape index (κ2) is 4.42. The second-order valence-corrected chi connectivity index (χ2v) is 3.99. The summed E-state index contributed by atoms with van der Waals surface area (Å²) >= 11 is 5.99. The highest BCUT2D eigenvalue weighted by Crippen LogP contribution is 2.29. The zero-order chi connectivity index (χ0) is 11.5. The Morgan fingerprint density at radius 1 is 1.31 bits per heavy atom. The molecule has 0 atom stereocenters. The first-order valence-corrected chi connectivity index (χ1v) is 5.49. The highest BCUT2D eigenvalue weighted by Gasteiger charge is 2.10. The molecule has 0 spiro atoms. The molecule has 2 rings (SSSR count). The maximum absolute atomic E-state index is 9.00. The first kappa shape index (κ1) is 10.8. The Labute approximate surface area is 99.5 Å². The Balaban J connectivity index is 2.63. The average Bonchev–Trinajstić information content (AvgIpc) is 2.76. The van der Waals surface area contributed by atoms with E-state index < -0.39 is 0 Å². The molecule has 0 radical (unpaired) electrons. The zero-order valence-corrected chi connectivity index (χ0v) is 9.67. The number of hydrogen-bond donors (Lipinski definition) is 1. The van der Waals surface area contributed by atoms with Gasteiger partial charge in [-0.05, 0) is 29.7 Å². The SMILES string of the molecule is CCc1ccc(Cl)cc1-c1c[nH]cc1C#N. The van der Waals surface area contributed by atoms with Crippen LogP contribution in [0.3, 0.4) is 0 Å². The fraction of sp³-hybridized carbons (Fsp3) is 0.154. The van der Waals surface area contributed by atoms with Crippen LogP contribution in [0.5, 0.6) is 0 Å². The summed E-state index contributed by atoms with van der Waals surface area (Å²) < 4.78 is 0. The molecule has 0 aliphatic heterocycles. The van der Waals surface area contributed by atoms with E-state index in [1.807, 2.05) is 24.4 Å². The van der Waals surface area contributed by atoms with Crippen molar-refractivity contribution in [2.24, 2.45) is 0 Å². The van der Waals surface area contributed by atoms with Crippen molar-refractivity contribution in [2.75, 3.05) is 0 Å². The van der Waals surface area contributed by atoms with Gasteiger partial charge in [0.1, 0.15) is 6.07 Å². The predicted molar refractivity (Wildman–Crippen MR) is 65.3 cm³/mol. The van der Waals surface area contributed by atoms with Gasteiger partial charge in [-0.1, -0.05) is 24.6 Å². The number of nitrogens with zero attached hydrogens (tertiary/aromatic N) is 1. The van der Waals surface area contributed by atoms with Crippen LogP contribution < -0.4 is 0 Å². The number of H-pyrrole nitrogens is 1. The Morgan fingerprint density at radius 2 is 2.12 bits per heavy atom. The molecular formula is C13H11ClN2. The van der Waals surface area contributed by atoms with Crippen molar-refractivity contribution in [1.82, 2.24) is 4.98 Å². The molecule has 0 bridgehead atoms. The molecule has 1 aromatic heterocycles. The maximum atomic E-state index is 9.00. The van der Waals surface area contributed by atoms with Gasteiger partial charge in [0.05, 0.1) is 5.56 Å². The number of aromatic amines is 1. The molecule has 2 aromatic rings. The molecule has 3 heteroatoms. The normalized spacial score (nSPS) is 10.1. The predicted octanol–water partition coefficient (Wildman–Crippen LogP) is 3.77. The molecule has 0 aliphatic rings. The highest BCUT2D eigenvalue weighted by molar-refractivity contribution is 6.30. The van der Waals surface area contributed by atoms with E-state index in [0.717, 1.165) is 17.5 Å². The molecule has 80 valence electrons. The lowest BCUT2D eigenvalue weighted by Crippen LogP contribution is -1.88. The lowest BCUT2D eigenvalue weighted by atomic mass is 9.98. The number of nitriles is 1. The monoisotopic (exact) mass is 230 g/mol. The van der Waals surface area contributed by atoms with Crippen molar-refractivity contribution in [3.05, 3.63) is 46.7 Å². The lowest BCUT2D eigenvalue weighted by molar-refractivity contribution is 1.14. The minimum absolute atomic E-state index is 0.650. The van der Waals surface area contributed by atoms with Crippen molar-refractivity contribution in [1.29, 1.82) is 5.26 Å². The molecular weight excluding hydrogens is 220 g/mol. The number of aromatic nitrogens is 1. The van der Waals surface area contributed by atoms with Crippen molar-refractivity contribution in [3.8, 4) is 17.2 Å². The van der Waals surface area contributed by atoms with E-state index in [1.165, 1.54) is 5.56 Å². The van der Waals surface area contributed by atoms with Crippen LogP contribution in [0.2, 0.25) is 5.02 Å². The van der Waals surface area contributed by atoms with Gasteiger partial charge in [0.2, 0.25) is 0 Å². The molecule has 0 aliphatic carbocycles. The zero-order valence-electron chi connectivity index (χ0n) is 8.92. The number of nitrogens with one attached hydrogen (secondary N) is 1.